The Morgan fingerprint density at radius 1 is 1.33 bits per heavy atom. The molecule has 114 valence electrons. The van der Waals surface area contributed by atoms with E-state index < -0.39 is 0 Å². The summed E-state index contributed by atoms with van der Waals surface area (Å²) < 4.78 is 5.32. The number of carbonyl (C=O) groups excluding carboxylic acids is 1. The number of hydrogen-bond acceptors (Lipinski definition) is 5. The number of aromatic nitrogens is 1. The second-order valence-electron chi connectivity index (χ2n) is 5.63. The standard InChI is InChI=1S/C15H22N4O2/c20-15(11-16-9-12-1-2-12)18-13-3-4-14(17-10-13)19-5-7-21-8-6-19/h3-4,10,12,16H,1-2,5-9,11H2,(H,18,20). The fourth-order valence-electron chi connectivity index (χ4n) is 2.36. The summed E-state index contributed by atoms with van der Waals surface area (Å²) in [6.45, 7) is 4.52. The molecule has 2 heterocycles. The molecule has 2 fully saturated rings. The van der Waals surface area contributed by atoms with Crippen molar-refractivity contribution < 1.29 is 9.53 Å². The van der Waals surface area contributed by atoms with Gasteiger partial charge in [0.25, 0.3) is 0 Å². The van der Waals surface area contributed by atoms with Crippen LogP contribution in [0.4, 0.5) is 11.5 Å². The van der Waals surface area contributed by atoms with E-state index in [2.05, 4.69) is 20.5 Å². The van der Waals surface area contributed by atoms with Crippen molar-refractivity contribution >= 4 is 17.4 Å². The van der Waals surface area contributed by atoms with E-state index in [4.69, 9.17) is 4.74 Å². The smallest absolute Gasteiger partial charge is 0.238 e. The molecule has 21 heavy (non-hydrogen) atoms. The molecule has 1 amide bonds. The van der Waals surface area contributed by atoms with Crippen LogP contribution in [-0.4, -0.2) is 50.3 Å². The van der Waals surface area contributed by atoms with Crippen LogP contribution in [0.3, 0.4) is 0 Å². The Hall–Kier alpha value is -1.66. The van der Waals surface area contributed by atoms with Gasteiger partial charge in [-0.25, -0.2) is 4.98 Å². The van der Waals surface area contributed by atoms with Crippen LogP contribution in [0, 0.1) is 5.92 Å². The molecular formula is C15H22N4O2. The Morgan fingerprint density at radius 2 is 2.14 bits per heavy atom. The van der Waals surface area contributed by atoms with Crippen molar-refractivity contribution in [2.75, 3.05) is 49.6 Å². The first-order chi connectivity index (χ1) is 10.3. The summed E-state index contributed by atoms with van der Waals surface area (Å²) in [6, 6.07) is 3.84. The molecule has 0 atom stereocenters. The molecule has 6 heteroatoms. The maximum atomic E-state index is 11.8. The van der Waals surface area contributed by atoms with Gasteiger partial charge in [0.2, 0.25) is 5.91 Å². The van der Waals surface area contributed by atoms with Crippen molar-refractivity contribution in [3.8, 4) is 0 Å². The van der Waals surface area contributed by atoms with Crippen molar-refractivity contribution in [3.63, 3.8) is 0 Å². The number of nitrogens with zero attached hydrogens (tertiary/aromatic N) is 2. The van der Waals surface area contributed by atoms with Gasteiger partial charge in [0.1, 0.15) is 5.82 Å². The molecule has 3 rings (SSSR count). The fourth-order valence-corrected chi connectivity index (χ4v) is 2.36. The number of anilines is 2. The van der Waals surface area contributed by atoms with Gasteiger partial charge in [-0.3, -0.25) is 4.79 Å². The van der Waals surface area contributed by atoms with Crippen molar-refractivity contribution in [3.05, 3.63) is 18.3 Å². The lowest BCUT2D eigenvalue weighted by Gasteiger charge is -2.27. The van der Waals surface area contributed by atoms with Gasteiger partial charge in [-0.05, 0) is 37.4 Å². The van der Waals surface area contributed by atoms with Crippen molar-refractivity contribution in [2.24, 2.45) is 5.92 Å². The summed E-state index contributed by atoms with van der Waals surface area (Å²) in [4.78, 5) is 18.4. The first kappa shape index (κ1) is 14.3. The summed E-state index contributed by atoms with van der Waals surface area (Å²) in [5.41, 5.74) is 0.741. The molecular weight excluding hydrogens is 268 g/mol. The van der Waals surface area contributed by atoms with Gasteiger partial charge in [-0.1, -0.05) is 0 Å². The van der Waals surface area contributed by atoms with Crippen molar-refractivity contribution in [1.82, 2.24) is 10.3 Å². The summed E-state index contributed by atoms with van der Waals surface area (Å²) in [5, 5.41) is 6.03. The highest BCUT2D eigenvalue weighted by Gasteiger charge is 2.20. The van der Waals surface area contributed by atoms with Crippen LogP contribution in [-0.2, 0) is 9.53 Å². The van der Waals surface area contributed by atoms with E-state index in [1.807, 2.05) is 12.1 Å². The number of pyridine rings is 1. The Bertz CT molecular complexity index is 467. The molecule has 1 saturated heterocycles. The molecule has 0 spiro atoms. The first-order valence-corrected chi connectivity index (χ1v) is 7.60. The van der Waals surface area contributed by atoms with Crippen LogP contribution in [0.25, 0.3) is 0 Å². The summed E-state index contributed by atoms with van der Waals surface area (Å²) in [5.74, 6) is 1.70. The van der Waals surface area contributed by atoms with Gasteiger partial charge < -0.3 is 20.3 Å². The van der Waals surface area contributed by atoms with E-state index in [0.29, 0.717) is 6.54 Å². The minimum atomic E-state index is -0.0171. The number of rotatable bonds is 6. The van der Waals surface area contributed by atoms with E-state index in [1.54, 1.807) is 6.20 Å². The second-order valence-corrected chi connectivity index (χ2v) is 5.63. The minimum Gasteiger partial charge on any atom is -0.378 e. The SMILES string of the molecule is O=C(CNCC1CC1)Nc1ccc(N2CCOCC2)nc1. The molecule has 0 bridgehead atoms. The van der Waals surface area contributed by atoms with Crippen LogP contribution in [0.1, 0.15) is 12.8 Å². The van der Waals surface area contributed by atoms with Crippen LogP contribution < -0.4 is 15.5 Å². The first-order valence-electron chi connectivity index (χ1n) is 7.60. The highest BCUT2D eigenvalue weighted by Crippen LogP contribution is 2.27. The Balaban J connectivity index is 1.45. The zero-order valence-electron chi connectivity index (χ0n) is 12.2. The normalized spacial score (nSPS) is 18.6. The Labute approximate surface area is 124 Å². The highest BCUT2D eigenvalue weighted by atomic mass is 16.5. The minimum absolute atomic E-state index is 0.0171. The molecule has 2 N–H and O–H groups in total. The van der Waals surface area contributed by atoms with Gasteiger partial charge in [0.15, 0.2) is 0 Å². The third-order valence-electron chi connectivity index (χ3n) is 3.78. The number of hydrogen-bond donors (Lipinski definition) is 2. The molecule has 1 aliphatic carbocycles. The van der Waals surface area contributed by atoms with E-state index in [-0.39, 0.29) is 5.91 Å². The fraction of sp³-hybridized carbons (Fsp3) is 0.600. The quantitative estimate of drug-likeness (QED) is 0.813. The number of ether oxygens (including phenoxy) is 1. The van der Waals surface area contributed by atoms with Crippen LogP contribution in [0.15, 0.2) is 18.3 Å². The predicted molar refractivity (Wildman–Crippen MR) is 81.5 cm³/mol. The predicted octanol–water partition coefficient (Wildman–Crippen LogP) is 0.856. The summed E-state index contributed by atoms with van der Waals surface area (Å²) in [7, 11) is 0. The zero-order valence-corrected chi connectivity index (χ0v) is 12.2. The molecule has 0 unspecified atom stereocenters. The number of amides is 1. The molecule has 6 nitrogen and oxygen atoms in total. The molecule has 1 saturated carbocycles. The Kier molecular flexibility index (Phi) is 4.67. The van der Waals surface area contributed by atoms with Crippen molar-refractivity contribution in [1.29, 1.82) is 0 Å². The van der Waals surface area contributed by atoms with E-state index >= 15 is 0 Å². The second kappa shape index (κ2) is 6.87. The average molecular weight is 290 g/mol. The van der Waals surface area contributed by atoms with Gasteiger partial charge in [0, 0.05) is 13.1 Å². The van der Waals surface area contributed by atoms with E-state index in [0.717, 1.165) is 50.3 Å². The molecule has 1 aromatic heterocycles. The van der Waals surface area contributed by atoms with Gasteiger partial charge in [0.05, 0.1) is 31.6 Å². The zero-order chi connectivity index (χ0) is 14.5. The summed E-state index contributed by atoms with van der Waals surface area (Å²) >= 11 is 0. The third-order valence-corrected chi connectivity index (χ3v) is 3.78. The van der Waals surface area contributed by atoms with E-state index in [9.17, 15) is 4.79 Å². The van der Waals surface area contributed by atoms with E-state index in [1.165, 1.54) is 12.8 Å². The molecule has 1 aromatic rings. The van der Waals surface area contributed by atoms with Gasteiger partial charge >= 0.3 is 0 Å². The van der Waals surface area contributed by atoms with Crippen LogP contribution in [0.2, 0.25) is 0 Å². The molecule has 0 aromatic carbocycles. The Morgan fingerprint density at radius 3 is 2.81 bits per heavy atom. The van der Waals surface area contributed by atoms with Gasteiger partial charge in [-0.15, -0.1) is 0 Å². The van der Waals surface area contributed by atoms with Crippen LogP contribution in [0.5, 0.6) is 0 Å². The lowest BCUT2D eigenvalue weighted by molar-refractivity contribution is -0.115. The number of morpholine rings is 1. The lowest BCUT2D eigenvalue weighted by Crippen LogP contribution is -2.36. The lowest BCUT2D eigenvalue weighted by atomic mass is 10.3. The molecule has 2 aliphatic rings. The summed E-state index contributed by atoms with van der Waals surface area (Å²) in [6.07, 6.45) is 4.30. The largest absolute Gasteiger partial charge is 0.378 e. The monoisotopic (exact) mass is 290 g/mol. The van der Waals surface area contributed by atoms with Crippen molar-refractivity contribution in [2.45, 2.75) is 12.8 Å². The molecule has 1 aliphatic heterocycles. The number of carbonyl (C=O) groups is 1. The van der Waals surface area contributed by atoms with Gasteiger partial charge in [-0.2, -0.15) is 0 Å². The maximum Gasteiger partial charge on any atom is 0.238 e. The maximum absolute atomic E-state index is 11.8. The van der Waals surface area contributed by atoms with Crippen LogP contribution >= 0.6 is 0 Å². The third kappa shape index (κ3) is 4.41. The number of nitrogens with one attached hydrogen (secondary N) is 2. The topological polar surface area (TPSA) is 66.5 Å². The highest BCUT2D eigenvalue weighted by molar-refractivity contribution is 5.92. The average Bonchev–Trinajstić information content (AvgIpc) is 3.33. The molecule has 0 radical (unpaired) electrons.